The fraction of sp³-hybridized carbons (Fsp3) is 0.500. The quantitative estimate of drug-likeness (QED) is 0.790. The van der Waals surface area contributed by atoms with Crippen molar-refractivity contribution in [3.63, 3.8) is 0 Å². The molecule has 1 fully saturated rings. The second kappa shape index (κ2) is 7.25. The molecule has 0 spiro atoms. The number of allylic oxidation sites excluding steroid dienone is 2. The number of benzene rings is 1. The van der Waals surface area contributed by atoms with E-state index in [9.17, 15) is 9.90 Å². The van der Waals surface area contributed by atoms with Crippen molar-refractivity contribution in [1.82, 2.24) is 0 Å². The molecule has 0 aromatic heterocycles. The molecule has 126 valence electrons. The summed E-state index contributed by atoms with van der Waals surface area (Å²) in [5.41, 5.74) is 0.935. The van der Waals surface area contributed by atoms with Crippen molar-refractivity contribution < 1.29 is 15.2 Å². The normalized spacial score (nSPS) is 25.2. The maximum Gasteiger partial charge on any atom is 0.313 e. The zero-order valence-electron chi connectivity index (χ0n) is 13.7. The van der Waals surface area contributed by atoms with Gasteiger partial charge >= 0.3 is 5.97 Å². The molecule has 0 saturated carbocycles. The van der Waals surface area contributed by atoms with Gasteiger partial charge < -0.3 is 10.4 Å². The molecule has 0 bridgehead atoms. The van der Waals surface area contributed by atoms with Crippen molar-refractivity contribution >= 4 is 29.2 Å². The third kappa shape index (κ3) is 4.28. The second-order valence-electron chi connectivity index (χ2n) is 6.97. The maximum absolute atomic E-state index is 11.9. The first-order chi connectivity index (χ1) is 10.7. The van der Waals surface area contributed by atoms with E-state index in [-0.39, 0.29) is 17.4 Å². The molecule has 1 aromatic carbocycles. The average molecular weight is 357 g/mol. The first-order valence-electron chi connectivity index (χ1n) is 7.90. The maximum atomic E-state index is 11.9. The van der Waals surface area contributed by atoms with Crippen molar-refractivity contribution in [2.45, 2.75) is 39.2 Å². The van der Waals surface area contributed by atoms with Crippen molar-refractivity contribution in [3.8, 4) is 0 Å². The molecule has 23 heavy (non-hydrogen) atoms. The highest BCUT2D eigenvalue weighted by atomic mass is 35.5. The molecular formula is C18H24Cl2NO2+. The molecule has 2 rings (SSSR count). The van der Waals surface area contributed by atoms with Gasteiger partial charge in [-0.15, -0.1) is 0 Å². The number of carboxylic acid groups (broad SMARTS) is 1. The summed E-state index contributed by atoms with van der Waals surface area (Å²) in [6.07, 6.45) is 5.00. The third-order valence-corrected chi connectivity index (χ3v) is 5.36. The number of halogens is 2. The molecule has 0 aliphatic carbocycles. The van der Waals surface area contributed by atoms with Gasteiger partial charge in [-0.25, -0.2) is 0 Å². The fourth-order valence-electron chi connectivity index (χ4n) is 3.69. The summed E-state index contributed by atoms with van der Waals surface area (Å²) >= 11 is 12.1. The first-order valence-corrected chi connectivity index (χ1v) is 8.65. The molecule has 1 heterocycles. The highest BCUT2D eigenvalue weighted by Crippen LogP contribution is 2.36. The average Bonchev–Trinajstić information content (AvgIpc) is 2.84. The molecule has 2 unspecified atom stereocenters. The van der Waals surface area contributed by atoms with Crippen LogP contribution in [0.4, 0.5) is 0 Å². The van der Waals surface area contributed by atoms with Crippen LogP contribution in [0, 0.1) is 11.3 Å². The summed E-state index contributed by atoms with van der Waals surface area (Å²) in [5.74, 6) is -1.21. The van der Waals surface area contributed by atoms with Gasteiger partial charge in [-0.2, -0.15) is 0 Å². The van der Waals surface area contributed by atoms with Gasteiger partial charge in [0.05, 0.1) is 22.5 Å². The van der Waals surface area contributed by atoms with Crippen LogP contribution in [0.15, 0.2) is 30.4 Å². The standard InChI is InChI=1S/C18H23Cl2NO2/c1-4-7-18(2,3)9-15-16(17(22)23)12(10-21-15)11-5-6-13(19)14(20)8-11/h4-8,12,15-16,21H,9-10H2,1-3H3,(H,22,23)/p+1/b7-4+/t12?,15?,16-/m1/s1. The molecular weight excluding hydrogens is 333 g/mol. The van der Waals surface area contributed by atoms with Crippen molar-refractivity contribution in [3.05, 3.63) is 46.0 Å². The Morgan fingerprint density at radius 1 is 1.39 bits per heavy atom. The summed E-state index contributed by atoms with van der Waals surface area (Å²) in [7, 11) is 0. The Balaban J connectivity index is 2.26. The summed E-state index contributed by atoms with van der Waals surface area (Å²) in [6, 6.07) is 5.49. The van der Waals surface area contributed by atoms with E-state index in [0.29, 0.717) is 10.0 Å². The smallest absolute Gasteiger partial charge is 0.313 e. The zero-order chi connectivity index (χ0) is 17.2. The number of carboxylic acids is 1. The lowest BCUT2D eigenvalue weighted by Crippen LogP contribution is -2.88. The fourth-order valence-corrected chi connectivity index (χ4v) is 4.00. The van der Waals surface area contributed by atoms with E-state index < -0.39 is 11.9 Å². The number of quaternary nitrogens is 1. The number of hydrogen-bond acceptors (Lipinski definition) is 1. The molecule has 1 aliphatic rings. The number of carbonyl (C=O) groups is 1. The highest BCUT2D eigenvalue weighted by molar-refractivity contribution is 6.42. The van der Waals surface area contributed by atoms with Gasteiger partial charge in [0.2, 0.25) is 0 Å². The SMILES string of the molecule is C/C=C/C(C)(C)CC1[NH2+]CC(c2ccc(Cl)c(Cl)c2)[C@H]1C(=O)O. The number of aliphatic carboxylic acids is 1. The van der Waals surface area contributed by atoms with Crippen LogP contribution in [0.25, 0.3) is 0 Å². The van der Waals surface area contributed by atoms with E-state index in [2.05, 4.69) is 25.2 Å². The lowest BCUT2D eigenvalue weighted by molar-refractivity contribution is -0.674. The summed E-state index contributed by atoms with van der Waals surface area (Å²) < 4.78 is 0. The highest BCUT2D eigenvalue weighted by Gasteiger charge is 2.46. The lowest BCUT2D eigenvalue weighted by atomic mass is 9.78. The number of rotatable bonds is 5. The minimum Gasteiger partial charge on any atom is -0.481 e. The Hall–Kier alpha value is -1.03. The van der Waals surface area contributed by atoms with Crippen LogP contribution in [0.3, 0.4) is 0 Å². The van der Waals surface area contributed by atoms with Gasteiger partial charge in [-0.3, -0.25) is 4.79 Å². The molecule has 0 amide bonds. The second-order valence-corrected chi connectivity index (χ2v) is 7.79. The van der Waals surface area contributed by atoms with Gasteiger partial charge in [0, 0.05) is 6.42 Å². The van der Waals surface area contributed by atoms with E-state index in [1.807, 2.05) is 19.1 Å². The summed E-state index contributed by atoms with van der Waals surface area (Å²) in [6.45, 7) is 7.04. The molecule has 1 aromatic rings. The van der Waals surface area contributed by atoms with Crippen molar-refractivity contribution in [2.75, 3.05) is 6.54 Å². The van der Waals surface area contributed by atoms with E-state index in [4.69, 9.17) is 23.2 Å². The van der Waals surface area contributed by atoms with Gasteiger partial charge in [0.1, 0.15) is 12.0 Å². The van der Waals surface area contributed by atoms with Crippen LogP contribution < -0.4 is 5.32 Å². The Bertz CT molecular complexity index is 613. The van der Waals surface area contributed by atoms with E-state index >= 15 is 0 Å². The zero-order valence-corrected chi connectivity index (χ0v) is 15.2. The Morgan fingerprint density at radius 2 is 2.09 bits per heavy atom. The van der Waals surface area contributed by atoms with Gasteiger partial charge in [0.25, 0.3) is 0 Å². The number of hydrogen-bond donors (Lipinski definition) is 2. The van der Waals surface area contributed by atoms with Crippen molar-refractivity contribution in [1.29, 1.82) is 0 Å². The molecule has 3 atom stereocenters. The lowest BCUT2D eigenvalue weighted by Gasteiger charge is -2.25. The predicted octanol–water partition coefficient (Wildman–Crippen LogP) is 3.72. The predicted molar refractivity (Wildman–Crippen MR) is 94.1 cm³/mol. The van der Waals surface area contributed by atoms with Gasteiger partial charge in [-0.05, 0) is 30.0 Å². The van der Waals surface area contributed by atoms with Crippen LogP contribution in [0.1, 0.15) is 38.7 Å². The van der Waals surface area contributed by atoms with E-state index in [1.165, 1.54) is 0 Å². The molecule has 3 N–H and O–H groups in total. The summed E-state index contributed by atoms with van der Waals surface area (Å²) in [4.78, 5) is 11.9. The topological polar surface area (TPSA) is 53.9 Å². The minimum atomic E-state index is -0.740. The monoisotopic (exact) mass is 356 g/mol. The molecule has 3 nitrogen and oxygen atoms in total. The van der Waals surface area contributed by atoms with Crippen LogP contribution in [0.2, 0.25) is 10.0 Å². The van der Waals surface area contributed by atoms with Crippen LogP contribution >= 0.6 is 23.2 Å². The van der Waals surface area contributed by atoms with Gasteiger partial charge in [0.15, 0.2) is 0 Å². The minimum absolute atomic E-state index is 0.0177. The van der Waals surface area contributed by atoms with E-state index in [0.717, 1.165) is 18.5 Å². The van der Waals surface area contributed by atoms with Crippen LogP contribution in [-0.4, -0.2) is 23.7 Å². The molecule has 0 radical (unpaired) electrons. The molecule has 1 saturated heterocycles. The molecule has 1 aliphatic heterocycles. The van der Waals surface area contributed by atoms with Crippen molar-refractivity contribution in [2.24, 2.45) is 11.3 Å². The molecule has 5 heteroatoms. The Labute approximate surface area is 147 Å². The third-order valence-electron chi connectivity index (χ3n) is 4.62. The van der Waals surface area contributed by atoms with Crippen LogP contribution in [-0.2, 0) is 4.79 Å². The first kappa shape index (κ1) is 18.3. The number of nitrogens with two attached hydrogens (primary N) is 1. The Morgan fingerprint density at radius 3 is 2.65 bits per heavy atom. The summed E-state index contributed by atoms with van der Waals surface area (Å²) in [5, 5.41) is 12.9. The Kier molecular flexibility index (Phi) is 5.77. The van der Waals surface area contributed by atoms with E-state index in [1.54, 1.807) is 12.1 Å². The van der Waals surface area contributed by atoms with Crippen LogP contribution in [0.5, 0.6) is 0 Å². The largest absolute Gasteiger partial charge is 0.481 e. The van der Waals surface area contributed by atoms with Gasteiger partial charge in [-0.1, -0.05) is 55.3 Å².